The van der Waals surface area contributed by atoms with E-state index in [0.29, 0.717) is 24.5 Å². The van der Waals surface area contributed by atoms with Crippen molar-refractivity contribution in [3.63, 3.8) is 0 Å². The first kappa shape index (κ1) is 22.1. The molecule has 2 aromatic carbocycles. The monoisotopic (exact) mass is 429 g/mol. The summed E-state index contributed by atoms with van der Waals surface area (Å²) in [6.45, 7) is 2.30. The third-order valence-corrected chi connectivity index (χ3v) is 5.77. The van der Waals surface area contributed by atoms with Crippen LogP contribution in [0.25, 0.3) is 0 Å². The van der Waals surface area contributed by atoms with Gasteiger partial charge in [0.25, 0.3) is 5.69 Å². The van der Waals surface area contributed by atoms with Crippen LogP contribution in [0.2, 0.25) is 5.02 Å². The molecule has 7 nitrogen and oxygen atoms in total. The van der Waals surface area contributed by atoms with E-state index in [-0.39, 0.29) is 10.6 Å². The fraction of sp³-hybridized carbons (Fsp3) is 0.409. The number of likely N-dealkylation sites (tertiary alicyclic amines) is 1. The lowest BCUT2D eigenvalue weighted by Crippen LogP contribution is -2.44. The molecular weight excluding hydrogens is 402 g/mol. The number of piperidine rings is 1. The average molecular weight is 430 g/mol. The molecule has 1 saturated heterocycles. The van der Waals surface area contributed by atoms with E-state index in [0.717, 1.165) is 36.5 Å². The molecule has 2 N–H and O–H groups in total. The Morgan fingerprint density at radius 3 is 2.80 bits per heavy atom. The van der Waals surface area contributed by atoms with Crippen molar-refractivity contribution < 1.29 is 4.92 Å². The summed E-state index contributed by atoms with van der Waals surface area (Å²) >= 11 is 6.23. The summed E-state index contributed by atoms with van der Waals surface area (Å²) < 4.78 is 0. The predicted molar refractivity (Wildman–Crippen MR) is 121 cm³/mol. The predicted octanol–water partition coefficient (Wildman–Crippen LogP) is 4.00. The Bertz CT molecular complexity index is 905. The summed E-state index contributed by atoms with van der Waals surface area (Å²) in [6, 6.07) is 15.0. The topological polar surface area (TPSA) is 82.8 Å². The molecule has 2 unspecified atom stereocenters. The lowest BCUT2D eigenvalue weighted by atomic mass is 9.85. The maximum atomic E-state index is 11.0. The third kappa shape index (κ3) is 5.70. The van der Waals surface area contributed by atoms with Gasteiger partial charge in [0.15, 0.2) is 5.96 Å². The Morgan fingerprint density at radius 1 is 1.27 bits per heavy atom. The van der Waals surface area contributed by atoms with Crippen molar-refractivity contribution >= 4 is 23.2 Å². The molecule has 0 radical (unpaired) electrons. The Labute approximate surface area is 182 Å². The van der Waals surface area contributed by atoms with Crippen LogP contribution in [0.5, 0.6) is 0 Å². The molecule has 1 fully saturated rings. The lowest BCUT2D eigenvalue weighted by molar-refractivity contribution is -0.384. The lowest BCUT2D eigenvalue weighted by Gasteiger charge is -2.40. The number of non-ortho nitro benzene ring substituents is 1. The van der Waals surface area contributed by atoms with Crippen molar-refractivity contribution in [1.82, 2.24) is 15.5 Å². The van der Waals surface area contributed by atoms with Crippen molar-refractivity contribution in [3.8, 4) is 0 Å². The second kappa shape index (κ2) is 10.4. The standard InChI is InChI=1S/C22H28ClN5O2/c1-24-22(25-14-16-6-3-10-20(12-16)28(29)30)26-15-18-8-5-11-27(2)21(18)17-7-4-9-19(23)13-17/h3-4,6-7,9-10,12-13,18,21H,5,8,11,14-15H2,1-2H3,(H2,24,25,26). The van der Waals surface area contributed by atoms with E-state index in [1.165, 1.54) is 11.6 Å². The smallest absolute Gasteiger partial charge is 0.269 e. The Morgan fingerprint density at radius 2 is 2.07 bits per heavy atom. The third-order valence-electron chi connectivity index (χ3n) is 5.53. The zero-order valence-corrected chi connectivity index (χ0v) is 18.1. The van der Waals surface area contributed by atoms with Gasteiger partial charge in [0.05, 0.1) is 4.92 Å². The second-order valence-electron chi connectivity index (χ2n) is 7.62. The summed E-state index contributed by atoms with van der Waals surface area (Å²) in [7, 11) is 3.89. The van der Waals surface area contributed by atoms with Crippen molar-refractivity contribution in [1.29, 1.82) is 0 Å². The highest BCUT2D eigenvalue weighted by Gasteiger charge is 2.30. The molecule has 0 bridgehead atoms. The number of nitrogens with one attached hydrogen (secondary N) is 2. The molecule has 0 saturated carbocycles. The van der Waals surface area contributed by atoms with Crippen molar-refractivity contribution in [2.75, 3.05) is 27.2 Å². The molecule has 2 aromatic rings. The number of nitro groups is 1. The van der Waals surface area contributed by atoms with Gasteiger partial charge in [-0.2, -0.15) is 0 Å². The molecular formula is C22H28ClN5O2. The summed E-state index contributed by atoms with van der Waals surface area (Å²) in [5.41, 5.74) is 2.16. The summed E-state index contributed by atoms with van der Waals surface area (Å²) in [5, 5.41) is 18.4. The maximum Gasteiger partial charge on any atom is 0.269 e. The van der Waals surface area contributed by atoms with E-state index >= 15 is 0 Å². The van der Waals surface area contributed by atoms with Gasteiger partial charge in [0.1, 0.15) is 0 Å². The van der Waals surface area contributed by atoms with Gasteiger partial charge in [-0.05, 0) is 55.6 Å². The molecule has 1 heterocycles. The minimum absolute atomic E-state index is 0.0897. The number of hydrogen-bond acceptors (Lipinski definition) is 4. The van der Waals surface area contributed by atoms with Gasteiger partial charge < -0.3 is 10.6 Å². The molecule has 8 heteroatoms. The highest BCUT2D eigenvalue weighted by atomic mass is 35.5. The minimum atomic E-state index is -0.383. The van der Waals surface area contributed by atoms with Crippen LogP contribution in [0.3, 0.4) is 0 Å². The van der Waals surface area contributed by atoms with Gasteiger partial charge in [-0.15, -0.1) is 0 Å². The van der Waals surface area contributed by atoms with E-state index in [2.05, 4.69) is 39.7 Å². The van der Waals surface area contributed by atoms with Crippen LogP contribution in [0, 0.1) is 16.0 Å². The highest BCUT2D eigenvalue weighted by molar-refractivity contribution is 6.30. The number of rotatable bonds is 6. The number of guanidine groups is 1. The second-order valence-corrected chi connectivity index (χ2v) is 8.05. The van der Waals surface area contributed by atoms with E-state index < -0.39 is 0 Å². The number of hydrogen-bond donors (Lipinski definition) is 2. The summed E-state index contributed by atoms with van der Waals surface area (Å²) in [6.07, 6.45) is 2.27. The molecule has 160 valence electrons. The van der Waals surface area contributed by atoms with Gasteiger partial charge in [-0.25, -0.2) is 0 Å². The normalized spacial score (nSPS) is 20.0. The molecule has 1 aliphatic rings. The van der Waals surface area contributed by atoms with Crippen LogP contribution >= 0.6 is 11.6 Å². The number of halogens is 1. The number of aliphatic imine (C=N–C) groups is 1. The summed E-state index contributed by atoms with van der Waals surface area (Å²) in [4.78, 5) is 17.3. The van der Waals surface area contributed by atoms with Gasteiger partial charge in [0, 0.05) is 43.3 Å². The molecule has 30 heavy (non-hydrogen) atoms. The number of nitrogens with zero attached hydrogens (tertiary/aromatic N) is 3. The number of nitro benzene ring substituents is 1. The molecule has 0 amide bonds. The number of benzene rings is 2. The first-order chi connectivity index (χ1) is 14.5. The minimum Gasteiger partial charge on any atom is -0.356 e. The molecule has 1 aliphatic heterocycles. The van der Waals surface area contributed by atoms with Gasteiger partial charge in [-0.1, -0.05) is 35.9 Å². The Hall–Kier alpha value is -2.64. The van der Waals surface area contributed by atoms with Crippen LogP contribution in [-0.4, -0.2) is 43.0 Å². The van der Waals surface area contributed by atoms with Gasteiger partial charge >= 0.3 is 0 Å². The van der Waals surface area contributed by atoms with Crippen molar-refractivity contribution in [2.45, 2.75) is 25.4 Å². The fourth-order valence-corrected chi connectivity index (χ4v) is 4.30. The quantitative estimate of drug-likeness (QED) is 0.314. The SMILES string of the molecule is CN=C(NCc1cccc([N+](=O)[O-])c1)NCC1CCCN(C)C1c1cccc(Cl)c1. The Balaban J connectivity index is 1.61. The molecule has 2 atom stereocenters. The van der Waals surface area contributed by atoms with Crippen LogP contribution < -0.4 is 10.6 Å². The highest BCUT2D eigenvalue weighted by Crippen LogP contribution is 2.35. The zero-order valence-electron chi connectivity index (χ0n) is 17.3. The zero-order chi connectivity index (χ0) is 21.5. The van der Waals surface area contributed by atoms with E-state index in [9.17, 15) is 10.1 Å². The summed E-state index contributed by atoms with van der Waals surface area (Å²) in [5.74, 6) is 1.10. The van der Waals surface area contributed by atoms with E-state index in [1.807, 2.05) is 18.2 Å². The average Bonchev–Trinajstić information content (AvgIpc) is 2.74. The van der Waals surface area contributed by atoms with Crippen molar-refractivity contribution in [2.24, 2.45) is 10.9 Å². The fourth-order valence-electron chi connectivity index (χ4n) is 4.10. The molecule has 3 rings (SSSR count). The molecule has 0 aliphatic carbocycles. The van der Waals surface area contributed by atoms with Crippen LogP contribution in [0.4, 0.5) is 5.69 Å². The van der Waals surface area contributed by atoms with Crippen LogP contribution in [-0.2, 0) is 6.54 Å². The van der Waals surface area contributed by atoms with Crippen LogP contribution in [0.15, 0.2) is 53.5 Å². The van der Waals surface area contributed by atoms with E-state index in [4.69, 9.17) is 11.6 Å². The van der Waals surface area contributed by atoms with E-state index in [1.54, 1.807) is 19.2 Å². The molecule has 0 spiro atoms. The maximum absolute atomic E-state index is 11.0. The largest absolute Gasteiger partial charge is 0.356 e. The first-order valence-corrected chi connectivity index (χ1v) is 10.5. The van der Waals surface area contributed by atoms with Gasteiger partial charge in [-0.3, -0.25) is 20.0 Å². The molecule has 0 aromatic heterocycles. The first-order valence-electron chi connectivity index (χ1n) is 10.1. The van der Waals surface area contributed by atoms with Crippen molar-refractivity contribution in [3.05, 3.63) is 74.8 Å². The van der Waals surface area contributed by atoms with Crippen LogP contribution in [0.1, 0.15) is 30.0 Å². The Kier molecular flexibility index (Phi) is 7.65. The van der Waals surface area contributed by atoms with Gasteiger partial charge in [0.2, 0.25) is 0 Å².